The summed E-state index contributed by atoms with van der Waals surface area (Å²) in [4.78, 5) is 30.4. The topological polar surface area (TPSA) is 83.6 Å². The number of pyridine rings is 1. The monoisotopic (exact) mass is 396 g/mol. The Bertz CT molecular complexity index is 876. The number of carbonyl (C=O) groups excluding carboxylic acids is 2. The van der Waals surface area contributed by atoms with Crippen LogP contribution < -0.4 is 10.6 Å². The summed E-state index contributed by atoms with van der Waals surface area (Å²) in [7, 11) is 0. The van der Waals surface area contributed by atoms with E-state index in [1.807, 2.05) is 45.0 Å². The quantitative estimate of drug-likeness (QED) is 0.799. The zero-order chi connectivity index (χ0) is 20.8. The Balaban J connectivity index is 1.59. The van der Waals surface area contributed by atoms with Crippen molar-refractivity contribution in [1.29, 1.82) is 0 Å². The maximum absolute atomic E-state index is 12.7. The summed E-state index contributed by atoms with van der Waals surface area (Å²) in [5, 5.41) is 6.39. The van der Waals surface area contributed by atoms with Crippen LogP contribution in [0, 0.1) is 13.8 Å². The van der Waals surface area contributed by atoms with Gasteiger partial charge in [0.2, 0.25) is 0 Å². The number of aryl methyl sites for hydroxylation is 2. The first-order valence-electron chi connectivity index (χ1n) is 9.98. The van der Waals surface area contributed by atoms with Gasteiger partial charge in [-0.1, -0.05) is 12.1 Å². The van der Waals surface area contributed by atoms with Crippen LogP contribution in [-0.2, 0) is 4.74 Å². The van der Waals surface area contributed by atoms with Crippen LogP contribution >= 0.6 is 0 Å². The molecule has 0 bridgehead atoms. The van der Waals surface area contributed by atoms with Crippen LogP contribution in [0.1, 0.15) is 41.3 Å². The van der Waals surface area contributed by atoms with Gasteiger partial charge in [0, 0.05) is 37.2 Å². The highest BCUT2D eigenvalue weighted by molar-refractivity contribution is 6.05. The number of ether oxygens (including phenoxy) is 1. The van der Waals surface area contributed by atoms with E-state index in [4.69, 9.17) is 4.74 Å². The number of amides is 2. The summed E-state index contributed by atoms with van der Waals surface area (Å²) in [6, 6.07) is 8.00. The van der Waals surface area contributed by atoms with E-state index in [1.54, 1.807) is 17.3 Å². The van der Waals surface area contributed by atoms with Crippen LogP contribution in [-0.4, -0.2) is 47.6 Å². The number of piperidine rings is 1. The number of aromatic nitrogens is 1. The average molecular weight is 396 g/mol. The molecule has 2 aromatic rings. The number of anilines is 2. The zero-order valence-electron chi connectivity index (χ0n) is 17.2. The highest BCUT2D eigenvalue weighted by atomic mass is 16.6. The van der Waals surface area contributed by atoms with E-state index in [0.717, 1.165) is 35.3 Å². The Morgan fingerprint density at radius 1 is 1.17 bits per heavy atom. The van der Waals surface area contributed by atoms with Gasteiger partial charge in [0.25, 0.3) is 5.91 Å². The fraction of sp³-hybridized carbons (Fsp3) is 0.409. The Kier molecular flexibility index (Phi) is 6.69. The minimum absolute atomic E-state index is 0.188. The lowest BCUT2D eigenvalue weighted by Crippen LogP contribution is -2.42. The Morgan fingerprint density at radius 3 is 2.66 bits per heavy atom. The summed E-state index contributed by atoms with van der Waals surface area (Å²) >= 11 is 0. The van der Waals surface area contributed by atoms with E-state index in [2.05, 4.69) is 15.6 Å². The smallest absolute Gasteiger partial charge is 0.409 e. The first-order chi connectivity index (χ1) is 14.0. The largest absolute Gasteiger partial charge is 0.450 e. The molecule has 7 nitrogen and oxygen atoms in total. The summed E-state index contributed by atoms with van der Waals surface area (Å²) < 4.78 is 5.05. The van der Waals surface area contributed by atoms with Gasteiger partial charge in [-0.2, -0.15) is 0 Å². The summed E-state index contributed by atoms with van der Waals surface area (Å²) in [6.45, 7) is 7.46. The number of hydrogen-bond acceptors (Lipinski definition) is 5. The maximum atomic E-state index is 12.7. The summed E-state index contributed by atoms with van der Waals surface area (Å²) in [5.74, 6) is -0.188. The molecular formula is C22H28N4O3. The predicted octanol–water partition coefficient (Wildman–Crippen LogP) is 3.98. The van der Waals surface area contributed by atoms with Crippen LogP contribution in [0.4, 0.5) is 16.2 Å². The van der Waals surface area contributed by atoms with Gasteiger partial charge < -0.3 is 20.3 Å². The average Bonchev–Trinajstić information content (AvgIpc) is 2.71. The van der Waals surface area contributed by atoms with E-state index < -0.39 is 0 Å². The third kappa shape index (κ3) is 5.47. The van der Waals surface area contributed by atoms with Crippen molar-refractivity contribution in [2.75, 3.05) is 30.3 Å². The van der Waals surface area contributed by atoms with Crippen molar-refractivity contribution in [3.8, 4) is 0 Å². The van der Waals surface area contributed by atoms with Crippen molar-refractivity contribution in [3.05, 3.63) is 53.3 Å². The number of nitrogens with one attached hydrogen (secondary N) is 2. The van der Waals surface area contributed by atoms with Crippen molar-refractivity contribution in [3.63, 3.8) is 0 Å². The molecule has 1 aliphatic rings. The minimum atomic E-state index is -0.252. The van der Waals surface area contributed by atoms with Crippen LogP contribution in [0.2, 0.25) is 0 Å². The van der Waals surface area contributed by atoms with Crippen molar-refractivity contribution in [2.24, 2.45) is 0 Å². The number of nitrogens with zero attached hydrogens (tertiary/aromatic N) is 2. The molecule has 1 aromatic heterocycles. The van der Waals surface area contributed by atoms with E-state index in [1.165, 1.54) is 0 Å². The van der Waals surface area contributed by atoms with Gasteiger partial charge in [-0.05, 0) is 56.9 Å². The summed E-state index contributed by atoms with van der Waals surface area (Å²) in [6.07, 6.45) is 4.66. The van der Waals surface area contributed by atoms with Gasteiger partial charge >= 0.3 is 6.09 Å². The molecule has 7 heteroatoms. The molecule has 2 heterocycles. The van der Waals surface area contributed by atoms with Crippen LogP contribution in [0.25, 0.3) is 0 Å². The van der Waals surface area contributed by atoms with E-state index in [-0.39, 0.29) is 18.0 Å². The van der Waals surface area contributed by atoms with Gasteiger partial charge in [-0.15, -0.1) is 0 Å². The minimum Gasteiger partial charge on any atom is -0.450 e. The second-order valence-corrected chi connectivity index (χ2v) is 7.34. The fourth-order valence-corrected chi connectivity index (χ4v) is 3.36. The van der Waals surface area contributed by atoms with E-state index >= 15 is 0 Å². The van der Waals surface area contributed by atoms with Gasteiger partial charge in [0.15, 0.2) is 0 Å². The molecular weight excluding hydrogens is 368 g/mol. The fourth-order valence-electron chi connectivity index (χ4n) is 3.36. The lowest BCUT2D eigenvalue weighted by atomic mass is 10.0. The highest BCUT2D eigenvalue weighted by Gasteiger charge is 2.23. The molecule has 0 spiro atoms. The Morgan fingerprint density at radius 2 is 1.93 bits per heavy atom. The lowest BCUT2D eigenvalue weighted by Gasteiger charge is -2.32. The van der Waals surface area contributed by atoms with Crippen molar-refractivity contribution in [1.82, 2.24) is 9.88 Å². The number of benzene rings is 1. The molecule has 154 valence electrons. The van der Waals surface area contributed by atoms with Crippen molar-refractivity contribution in [2.45, 2.75) is 39.7 Å². The first-order valence-corrected chi connectivity index (χ1v) is 9.98. The molecule has 1 fully saturated rings. The van der Waals surface area contributed by atoms with Gasteiger partial charge in [-0.25, -0.2) is 4.79 Å². The molecule has 0 saturated carbocycles. The molecule has 1 aliphatic heterocycles. The Labute approximate surface area is 171 Å². The van der Waals surface area contributed by atoms with E-state index in [0.29, 0.717) is 25.3 Å². The summed E-state index contributed by atoms with van der Waals surface area (Å²) in [5.41, 5.74) is 4.21. The molecule has 1 aromatic carbocycles. The van der Waals surface area contributed by atoms with Gasteiger partial charge in [0.1, 0.15) is 0 Å². The molecule has 29 heavy (non-hydrogen) atoms. The molecule has 2 amide bonds. The zero-order valence-corrected chi connectivity index (χ0v) is 17.2. The van der Waals surface area contributed by atoms with Crippen molar-refractivity contribution >= 4 is 23.4 Å². The highest BCUT2D eigenvalue weighted by Crippen LogP contribution is 2.20. The standard InChI is InChI=1S/C22H28N4O3/c1-4-29-22(28)26-9-7-18(8-10-26)24-19-12-17(13-23-14-19)21(27)25-20-11-15(2)5-6-16(20)3/h5-6,11-14,18,24H,4,7-10H2,1-3H3,(H,25,27). The maximum Gasteiger partial charge on any atom is 0.409 e. The normalized spacial score (nSPS) is 14.4. The molecule has 0 unspecified atom stereocenters. The first kappa shape index (κ1) is 20.6. The number of carbonyl (C=O) groups is 2. The van der Waals surface area contributed by atoms with Gasteiger partial charge in [-0.3, -0.25) is 9.78 Å². The van der Waals surface area contributed by atoms with Gasteiger partial charge in [0.05, 0.1) is 17.9 Å². The third-order valence-corrected chi connectivity index (χ3v) is 5.03. The second-order valence-electron chi connectivity index (χ2n) is 7.34. The molecule has 0 atom stereocenters. The van der Waals surface area contributed by atoms with Crippen LogP contribution in [0.15, 0.2) is 36.7 Å². The molecule has 2 N–H and O–H groups in total. The molecule has 3 rings (SSSR count). The predicted molar refractivity (Wildman–Crippen MR) is 113 cm³/mol. The lowest BCUT2D eigenvalue weighted by molar-refractivity contribution is 0.0981. The molecule has 1 saturated heterocycles. The number of rotatable bonds is 5. The van der Waals surface area contributed by atoms with E-state index in [9.17, 15) is 9.59 Å². The van der Waals surface area contributed by atoms with Crippen LogP contribution in [0.3, 0.4) is 0 Å². The Hall–Kier alpha value is -3.09. The number of hydrogen-bond donors (Lipinski definition) is 2. The SMILES string of the molecule is CCOC(=O)N1CCC(Nc2cncc(C(=O)Nc3cc(C)ccc3C)c2)CC1. The van der Waals surface area contributed by atoms with Crippen molar-refractivity contribution < 1.29 is 14.3 Å². The molecule has 0 aliphatic carbocycles. The molecule has 0 radical (unpaired) electrons. The van der Waals surface area contributed by atoms with Crippen LogP contribution in [0.5, 0.6) is 0 Å². The number of likely N-dealkylation sites (tertiary alicyclic amines) is 1. The third-order valence-electron chi connectivity index (χ3n) is 5.03. The second kappa shape index (κ2) is 9.41.